The smallest absolute Gasteiger partial charge is 0.257 e. The summed E-state index contributed by atoms with van der Waals surface area (Å²) in [5.74, 6) is -0.0904. The van der Waals surface area contributed by atoms with Gasteiger partial charge in [0.2, 0.25) is 0 Å². The number of nitrogens with zero attached hydrogens (tertiary/aromatic N) is 1. The van der Waals surface area contributed by atoms with Gasteiger partial charge < -0.3 is 5.32 Å². The van der Waals surface area contributed by atoms with Gasteiger partial charge in [-0.05, 0) is 43.7 Å². The summed E-state index contributed by atoms with van der Waals surface area (Å²) in [5.41, 5.74) is 2.61. The van der Waals surface area contributed by atoms with Gasteiger partial charge in [0.15, 0.2) is 0 Å². The molecule has 0 saturated carbocycles. The van der Waals surface area contributed by atoms with Crippen LogP contribution in [0.3, 0.4) is 0 Å². The number of rotatable bonds is 4. The fourth-order valence-corrected chi connectivity index (χ4v) is 6.09. The fourth-order valence-electron chi connectivity index (χ4n) is 3.89. The molecule has 1 N–H and O–H groups in total. The number of carbonyl (C=O) groups excluding carboxylic acids is 1. The predicted octanol–water partition coefficient (Wildman–Crippen LogP) is 7.11. The van der Waals surface area contributed by atoms with Crippen LogP contribution in [-0.2, 0) is 19.3 Å². The van der Waals surface area contributed by atoms with Gasteiger partial charge in [-0.1, -0.05) is 51.9 Å². The number of amides is 1. The number of hydrogen-bond donors (Lipinski definition) is 1. The molecule has 0 atom stereocenters. The zero-order chi connectivity index (χ0) is 19.8. The Kier molecular flexibility index (Phi) is 8.12. The SMILES string of the molecule is CCCc1cc(C(=O)Nc2sc3c(c2C#N)CCCCCCCCCC3)cs1. The molecule has 1 aliphatic rings. The lowest BCUT2D eigenvalue weighted by Gasteiger charge is -2.08. The second-order valence-electron chi connectivity index (χ2n) is 7.65. The number of thiophene rings is 2. The average Bonchev–Trinajstić information content (AvgIpc) is 3.27. The van der Waals surface area contributed by atoms with E-state index in [-0.39, 0.29) is 5.91 Å². The molecular formula is C23H30N2OS2. The van der Waals surface area contributed by atoms with E-state index in [4.69, 9.17) is 0 Å². The van der Waals surface area contributed by atoms with E-state index in [9.17, 15) is 10.1 Å². The molecule has 0 spiro atoms. The molecule has 0 fully saturated rings. The normalized spacial score (nSPS) is 15.7. The molecular weight excluding hydrogens is 384 g/mol. The van der Waals surface area contributed by atoms with Crippen molar-refractivity contribution in [2.75, 3.05) is 5.32 Å². The van der Waals surface area contributed by atoms with Crippen molar-refractivity contribution in [1.82, 2.24) is 0 Å². The van der Waals surface area contributed by atoms with Crippen LogP contribution >= 0.6 is 22.7 Å². The lowest BCUT2D eigenvalue weighted by atomic mass is 9.98. The van der Waals surface area contributed by atoms with Crippen molar-refractivity contribution in [1.29, 1.82) is 5.26 Å². The summed E-state index contributed by atoms with van der Waals surface area (Å²) in [7, 11) is 0. The van der Waals surface area contributed by atoms with Crippen LogP contribution in [0.15, 0.2) is 11.4 Å². The maximum absolute atomic E-state index is 12.7. The number of fused-ring (bicyclic) bond motifs is 1. The van der Waals surface area contributed by atoms with Crippen molar-refractivity contribution in [3.63, 3.8) is 0 Å². The van der Waals surface area contributed by atoms with Crippen LogP contribution in [0.2, 0.25) is 0 Å². The molecule has 3 nitrogen and oxygen atoms in total. The summed E-state index contributed by atoms with van der Waals surface area (Å²) in [5, 5.41) is 15.5. The lowest BCUT2D eigenvalue weighted by molar-refractivity contribution is 0.102. The summed E-state index contributed by atoms with van der Waals surface area (Å²) < 4.78 is 0. The van der Waals surface area contributed by atoms with Gasteiger partial charge in [-0.25, -0.2) is 0 Å². The highest BCUT2D eigenvalue weighted by Crippen LogP contribution is 2.36. The Morgan fingerprint density at radius 1 is 1.11 bits per heavy atom. The van der Waals surface area contributed by atoms with Crippen molar-refractivity contribution >= 4 is 33.6 Å². The van der Waals surface area contributed by atoms with Crippen molar-refractivity contribution in [3.8, 4) is 6.07 Å². The van der Waals surface area contributed by atoms with Crippen LogP contribution in [-0.4, -0.2) is 5.91 Å². The summed E-state index contributed by atoms with van der Waals surface area (Å²) in [4.78, 5) is 15.3. The summed E-state index contributed by atoms with van der Waals surface area (Å²) in [6, 6.07) is 4.38. The van der Waals surface area contributed by atoms with Gasteiger partial charge in [0, 0.05) is 15.1 Å². The lowest BCUT2D eigenvalue weighted by Crippen LogP contribution is -2.10. The number of aryl methyl sites for hydroxylation is 2. The van der Waals surface area contributed by atoms with E-state index in [1.54, 1.807) is 22.7 Å². The third kappa shape index (κ3) is 5.46. The van der Waals surface area contributed by atoms with Crippen LogP contribution in [0.4, 0.5) is 5.00 Å². The molecule has 0 aromatic carbocycles. The third-order valence-corrected chi connectivity index (χ3v) is 7.63. The first-order chi connectivity index (χ1) is 13.7. The van der Waals surface area contributed by atoms with Gasteiger partial charge in [-0.2, -0.15) is 5.26 Å². The molecule has 0 unspecified atom stereocenters. The molecule has 0 bridgehead atoms. The standard InChI is InChI=1S/C23H30N2OS2/c1-2-11-18-14-17(16-27-18)22(26)25-23-20(15-24)19-12-9-7-5-3-4-6-8-10-13-21(19)28-23/h14,16H,2-13H2,1H3,(H,25,26). The van der Waals surface area contributed by atoms with E-state index < -0.39 is 0 Å². The van der Waals surface area contributed by atoms with Gasteiger partial charge >= 0.3 is 0 Å². The molecule has 150 valence electrons. The molecule has 0 aliphatic heterocycles. The summed E-state index contributed by atoms with van der Waals surface area (Å²) in [6.07, 6.45) is 14.2. The van der Waals surface area contributed by atoms with E-state index >= 15 is 0 Å². The van der Waals surface area contributed by atoms with Gasteiger partial charge in [0.1, 0.15) is 11.1 Å². The molecule has 28 heavy (non-hydrogen) atoms. The Bertz CT molecular complexity index is 828. The number of nitrogens with one attached hydrogen (secondary N) is 1. The number of carbonyl (C=O) groups is 1. The van der Waals surface area contributed by atoms with Gasteiger partial charge in [-0.3, -0.25) is 4.79 Å². The zero-order valence-electron chi connectivity index (χ0n) is 16.8. The van der Waals surface area contributed by atoms with E-state index in [0.29, 0.717) is 11.1 Å². The van der Waals surface area contributed by atoms with Crippen LogP contribution in [0.5, 0.6) is 0 Å². The Morgan fingerprint density at radius 3 is 2.46 bits per heavy atom. The second kappa shape index (κ2) is 10.8. The molecule has 2 aromatic rings. The predicted molar refractivity (Wildman–Crippen MR) is 120 cm³/mol. The summed E-state index contributed by atoms with van der Waals surface area (Å²) in [6.45, 7) is 2.15. The maximum Gasteiger partial charge on any atom is 0.257 e. The monoisotopic (exact) mass is 414 g/mol. The molecule has 2 aromatic heterocycles. The van der Waals surface area contributed by atoms with E-state index in [0.717, 1.165) is 37.1 Å². The number of nitriles is 1. The quantitative estimate of drug-likeness (QED) is 0.580. The highest BCUT2D eigenvalue weighted by Gasteiger charge is 2.20. The van der Waals surface area contributed by atoms with Crippen LogP contribution in [0.1, 0.15) is 96.0 Å². The molecule has 0 saturated heterocycles. The van der Waals surface area contributed by atoms with Gasteiger partial charge in [0.05, 0.1) is 11.1 Å². The third-order valence-electron chi connectivity index (χ3n) is 5.42. The Balaban J connectivity index is 1.79. The van der Waals surface area contributed by atoms with Crippen molar-refractivity contribution < 1.29 is 4.79 Å². The van der Waals surface area contributed by atoms with Crippen molar-refractivity contribution in [3.05, 3.63) is 37.9 Å². The number of hydrogen-bond acceptors (Lipinski definition) is 4. The Hall–Kier alpha value is -1.64. The topological polar surface area (TPSA) is 52.9 Å². The highest BCUT2D eigenvalue weighted by atomic mass is 32.1. The minimum atomic E-state index is -0.0904. The van der Waals surface area contributed by atoms with Crippen LogP contribution < -0.4 is 5.32 Å². The van der Waals surface area contributed by atoms with Crippen LogP contribution in [0.25, 0.3) is 0 Å². The largest absolute Gasteiger partial charge is 0.312 e. The molecule has 1 aliphatic carbocycles. The molecule has 3 rings (SSSR count). The first kappa shape index (κ1) is 21.1. The fraction of sp³-hybridized carbons (Fsp3) is 0.565. The Morgan fingerprint density at radius 2 is 1.79 bits per heavy atom. The van der Waals surface area contributed by atoms with Gasteiger partial charge in [0.25, 0.3) is 5.91 Å². The molecule has 2 heterocycles. The minimum absolute atomic E-state index is 0.0904. The van der Waals surface area contributed by atoms with Crippen molar-refractivity contribution in [2.24, 2.45) is 0 Å². The highest BCUT2D eigenvalue weighted by molar-refractivity contribution is 7.16. The van der Waals surface area contributed by atoms with E-state index in [1.807, 2.05) is 11.4 Å². The first-order valence-electron chi connectivity index (χ1n) is 10.7. The Labute approximate surface area is 176 Å². The zero-order valence-corrected chi connectivity index (χ0v) is 18.4. The van der Waals surface area contributed by atoms with E-state index in [2.05, 4.69) is 18.3 Å². The second-order valence-corrected chi connectivity index (χ2v) is 9.75. The average molecular weight is 415 g/mol. The number of anilines is 1. The molecule has 0 radical (unpaired) electrons. The maximum atomic E-state index is 12.7. The van der Waals surface area contributed by atoms with Gasteiger partial charge in [-0.15, -0.1) is 22.7 Å². The van der Waals surface area contributed by atoms with E-state index in [1.165, 1.54) is 60.3 Å². The molecule has 1 amide bonds. The van der Waals surface area contributed by atoms with Crippen LogP contribution in [0, 0.1) is 11.3 Å². The molecule has 5 heteroatoms. The summed E-state index contributed by atoms with van der Waals surface area (Å²) >= 11 is 3.27. The first-order valence-corrected chi connectivity index (χ1v) is 12.4. The minimum Gasteiger partial charge on any atom is -0.312 e. The van der Waals surface area contributed by atoms with Crippen molar-refractivity contribution in [2.45, 2.75) is 84.0 Å².